The number of halogens is 1. The highest BCUT2D eigenvalue weighted by Crippen LogP contribution is 2.26. The molecule has 0 aliphatic rings. The van der Waals surface area contributed by atoms with Crippen molar-refractivity contribution in [1.29, 1.82) is 0 Å². The summed E-state index contributed by atoms with van der Waals surface area (Å²) >= 11 is 0. The second-order valence-corrected chi connectivity index (χ2v) is 3.02. The SMILES string of the molecule is CNc1cc(C)ccc1OC(F)C(=O)O. The number of hydrogen-bond acceptors (Lipinski definition) is 3. The number of hydrogen-bond donors (Lipinski definition) is 2. The summed E-state index contributed by atoms with van der Waals surface area (Å²) in [5, 5.41) is 11.1. The van der Waals surface area contributed by atoms with Gasteiger partial charge in [0, 0.05) is 7.05 Å². The molecule has 0 heterocycles. The maximum absolute atomic E-state index is 12.8. The monoisotopic (exact) mass is 213 g/mol. The normalized spacial score (nSPS) is 11.9. The van der Waals surface area contributed by atoms with Crippen molar-refractivity contribution in [2.24, 2.45) is 0 Å². The highest BCUT2D eigenvalue weighted by Gasteiger charge is 2.18. The molecule has 0 aliphatic heterocycles. The molecule has 0 amide bonds. The van der Waals surface area contributed by atoms with Gasteiger partial charge in [0.1, 0.15) is 5.75 Å². The Bertz CT molecular complexity index is 368. The van der Waals surface area contributed by atoms with Crippen molar-refractivity contribution in [1.82, 2.24) is 0 Å². The molecule has 0 aromatic heterocycles. The van der Waals surface area contributed by atoms with E-state index in [4.69, 9.17) is 5.11 Å². The molecule has 0 bridgehead atoms. The van der Waals surface area contributed by atoms with Crippen LogP contribution in [0.4, 0.5) is 10.1 Å². The van der Waals surface area contributed by atoms with Crippen molar-refractivity contribution in [3.05, 3.63) is 23.8 Å². The number of carboxylic acid groups (broad SMARTS) is 1. The van der Waals surface area contributed by atoms with Crippen molar-refractivity contribution < 1.29 is 19.0 Å². The quantitative estimate of drug-likeness (QED) is 0.800. The predicted octanol–water partition coefficient (Wildman–Crippen LogP) is 1.80. The van der Waals surface area contributed by atoms with E-state index in [-0.39, 0.29) is 5.75 Å². The molecule has 5 heteroatoms. The Morgan fingerprint density at radius 1 is 1.60 bits per heavy atom. The molecule has 0 saturated carbocycles. The van der Waals surface area contributed by atoms with Crippen molar-refractivity contribution >= 4 is 11.7 Å². The molecular formula is C10H12FNO3. The number of benzene rings is 1. The van der Waals surface area contributed by atoms with E-state index < -0.39 is 12.3 Å². The maximum atomic E-state index is 12.8. The summed E-state index contributed by atoms with van der Waals surface area (Å²) in [5.74, 6) is -1.46. The van der Waals surface area contributed by atoms with E-state index in [0.29, 0.717) is 5.69 Å². The highest BCUT2D eigenvalue weighted by molar-refractivity contribution is 5.71. The van der Waals surface area contributed by atoms with Crippen LogP contribution in [0.5, 0.6) is 5.75 Å². The van der Waals surface area contributed by atoms with Crippen LogP contribution < -0.4 is 10.1 Å². The molecule has 1 aromatic rings. The summed E-state index contributed by atoms with van der Waals surface area (Å²) in [5.41, 5.74) is 1.52. The molecule has 1 aromatic carbocycles. The second kappa shape index (κ2) is 4.63. The minimum Gasteiger partial charge on any atom is -0.476 e. The Morgan fingerprint density at radius 3 is 2.80 bits per heavy atom. The van der Waals surface area contributed by atoms with Crippen molar-refractivity contribution in [3.63, 3.8) is 0 Å². The van der Waals surface area contributed by atoms with E-state index in [1.807, 2.05) is 6.92 Å². The number of aryl methyl sites for hydroxylation is 1. The predicted molar refractivity (Wildman–Crippen MR) is 53.9 cm³/mol. The van der Waals surface area contributed by atoms with Crippen LogP contribution in [0, 0.1) is 6.92 Å². The summed E-state index contributed by atoms with van der Waals surface area (Å²) in [6, 6.07) is 4.98. The summed E-state index contributed by atoms with van der Waals surface area (Å²) < 4.78 is 17.4. The van der Waals surface area contributed by atoms with Gasteiger partial charge < -0.3 is 15.2 Å². The zero-order valence-corrected chi connectivity index (χ0v) is 8.45. The second-order valence-electron chi connectivity index (χ2n) is 3.02. The summed E-state index contributed by atoms with van der Waals surface area (Å²) in [4.78, 5) is 10.2. The lowest BCUT2D eigenvalue weighted by molar-refractivity contribution is -0.153. The van der Waals surface area contributed by atoms with Gasteiger partial charge in [0.05, 0.1) is 5.69 Å². The van der Waals surface area contributed by atoms with Crippen LogP contribution in [0.2, 0.25) is 0 Å². The Morgan fingerprint density at radius 2 is 2.27 bits per heavy atom. The number of anilines is 1. The Kier molecular flexibility index (Phi) is 3.49. The van der Waals surface area contributed by atoms with E-state index in [1.54, 1.807) is 19.2 Å². The number of rotatable bonds is 4. The van der Waals surface area contributed by atoms with Gasteiger partial charge in [-0.25, -0.2) is 4.79 Å². The molecule has 1 unspecified atom stereocenters. The van der Waals surface area contributed by atoms with Gasteiger partial charge in [-0.3, -0.25) is 0 Å². The molecule has 0 fully saturated rings. The molecule has 0 radical (unpaired) electrons. The fraction of sp³-hybridized carbons (Fsp3) is 0.300. The third kappa shape index (κ3) is 2.83. The van der Waals surface area contributed by atoms with E-state index in [0.717, 1.165) is 5.56 Å². The number of nitrogens with one attached hydrogen (secondary N) is 1. The molecular weight excluding hydrogens is 201 g/mol. The van der Waals surface area contributed by atoms with Crippen molar-refractivity contribution in [2.75, 3.05) is 12.4 Å². The summed E-state index contributed by atoms with van der Waals surface area (Å²) in [6.45, 7) is 1.87. The molecule has 0 saturated heterocycles. The van der Waals surface area contributed by atoms with Crippen LogP contribution in [-0.2, 0) is 4.79 Å². The molecule has 1 rings (SSSR count). The molecule has 1 atom stereocenters. The average molecular weight is 213 g/mol. The van der Waals surface area contributed by atoms with E-state index in [2.05, 4.69) is 10.1 Å². The molecule has 4 nitrogen and oxygen atoms in total. The number of carbonyl (C=O) groups is 1. The molecule has 2 N–H and O–H groups in total. The first-order valence-corrected chi connectivity index (χ1v) is 4.36. The Labute approximate surface area is 86.7 Å². The fourth-order valence-electron chi connectivity index (χ4n) is 1.10. The lowest BCUT2D eigenvalue weighted by Crippen LogP contribution is -2.21. The van der Waals surface area contributed by atoms with Crippen LogP contribution >= 0.6 is 0 Å². The molecule has 82 valence electrons. The standard InChI is InChI=1S/C10H12FNO3/c1-6-3-4-8(7(5-6)12-2)15-9(11)10(13)14/h3-5,9,12H,1-2H3,(H,13,14). The zero-order valence-electron chi connectivity index (χ0n) is 8.45. The molecule has 0 spiro atoms. The van der Waals surface area contributed by atoms with Gasteiger partial charge in [-0.1, -0.05) is 6.07 Å². The van der Waals surface area contributed by atoms with Gasteiger partial charge in [0.15, 0.2) is 0 Å². The van der Waals surface area contributed by atoms with Gasteiger partial charge >= 0.3 is 12.3 Å². The highest BCUT2D eigenvalue weighted by atomic mass is 19.1. The Hall–Kier alpha value is -1.78. The first kappa shape index (κ1) is 11.3. The van der Waals surface area contributed by atoms with Gasteiger partial charge in [-0.05, 0) is 24.6 Å². The van der Waals surface area contributed by atoms with Gasteiger partial charge in [-0.15, -0.1) is 0 Å². The smallest absolute Gasteiger partial charge is 0.378 e. The number of carboxylic acids is 1. The van der Waals surface area contributed by atoms with E-state index in [1.165, 1.54) is 6.07 Å². The molecule has 15 heavy (non-hydrogen) atoms. The topological polar surface area (TPSA) is 58.6 Å². The fourth-order valence-corrected chi connectivity index (χ4v) is 1.10. The molecule has 0 aliphatic carbocycles. The van der Waals surface area contributed by atoms with Crippen LogP contribution in [0.1, 0.15) is 5.56 Å². The van der Waals surface area contributed by atoms with Crippen LogP contribution in [0.3, 0.4) is 0 Å². The lowest BCUT2D eigenvalue weighted by atomic mass is 10.2. The van der Waals surface area contributed by atoms with Crippen LogP contribution in [-0.4, -0.2) is 24.5 Å². The third-order valence-corrected chi connectivity index (χ3v) is 1.83. The van der Waals surface area contributed by atoms with E-state index in [9.17, 15) is 9.18 Å². The average Bonchev–Trinajstić information content (AvgIpc) is 2.20. The summed E-state index contributed by atoms with van der Waals surface area (Å²) in [6.07, 6.45) is -2.35. The zero-order chi connectivity index (χ0) is 11.4. The number of alkyl halides is 1. The maximum Gasteiger partial charge on any atom is 0.378 e. The first-order chi connectivity index (χ1) is 7.04. The lowest BCUT2D eigenvalue weighted by Gasteiger charge is -2.12. The van der Waals surface area contributed by atoms with Crippen molar-refractivity contribution in [3.8, 4) is 5.75 Å². The minimum absolute atomic E-state index is 0.179. The first-order valence-electron chi connectivity index (χ1n) is 4.36. The minimum atomic E-state index is -2.35. The van der Waals surface area contributed by atoms with Crippen LogP contribution in [0.25, 0.3) is 0 Å². The number of ether oxygens (including phenoxy) is 1. The summed E-state index contributed by atoms with van der Waals surface area (Å²) in [7, 11) is 1.65. The van der Waals surface area contributed by atoms with Gasteiger partial charge in [0.2, 0.25) is 0 Å². The van der Waals surface area contributed by atoms with Crippen LogP contribution in [0.15, 0.2) is 18.2 Å². The largest absolute Gasteiger partial charge is 0.476 e. The number of aliphatic carboxylic acids is 1. The Balaban J connectivity index is 2.89. The van der Waals surface area contributed by atoms with Crippen molar-refractivity contribution in [2.45, 2.75) is 13.3 Å². The van der Waals surface area contributed by atoms with E-state index >= 15 is 0 Å². The third-order valence-electron chi connectivity index (χ3n) is 1.83. The van der Waals surface area contributed by atoms with Gasteiger partial charge in [0.25, 0.3) is 0 Å². The van der Waals surface area contributed by atoms with Gasteiger partial charge in [-0.2, -0.15) is 4.39 Å².